The molecule has 2 aromatic heterocycles. The highest BCUT2D eigenvalue weighted by Crippen LogP contribution is 2.17. The van der Waals surface area contributed by atoms with E-state index < -0.39 is 0 Å². The van der Waals surface area contributed by atoms with Gasteiger partial charge in [0.05, 0.1) is 11.0 Å². The van der Waals surface area contributed by atoms with Crippen LogP contribution in [0.3, 0.4) is 0 Å². The van der Waals surface area contributed by atoms with Gasteiger partial charge in [-0.15, -0.1) is 12.4 Å². The van der Waals surface area contributed by atoms with E-state index >= 15 is 0 Å². The zero-order valence-electron chi connectivity index (χ0n) is 14.7. The molecule has 7 nitrogen and oxygen atoms in total. The van der Waals surface area contributed by atoms with Crippen molar-refractivity contribution >= 4 is 29.3 Å². The van der Waals surface area contributed by atoms with Crippen molar-refractivity contribution in [2.24, 2.45) is 0 Å². The Hall–Kier alpha value is -2.38. The first-order valence-electron chi connectivity index (χ1n) is 8.77. The second-order valence-corrected chi connectivity index (χ2v) is 6.22. The summed E-state index contributed by atoms with van der Waals surface area (Å²) in [5.41, 5.74) is 4.70. The van der Waals surface area contributed by atoms with Crippen LogP contribution in [-0.2, 0) is 25.9 Å². The second-order valence-electron chi connectivity index (χ2n) is 6.22. The number of nitrogens with one attached hydrogen (secondary N) is 3. The van der Waals surface area contributed by atoms with Crippen molar-refractivity contribution in [3.63, 3.8) is 0 Å². The fourth-order valence-electron chi connectivity index (χ4n) is 3.45. The van der Waals surface area contributed by atoms with Crippen LogP contribution >= 0.6 is 12.4 Å². The van der Waals surface area contributed by atoms with Crippen LogP contribution in [0.1, 0.15) is 34.5 Å². The van der Waals surface area contributed by atoms with E-state index in [9.17, 15) is 4.79 Å². The second kappa shape index (κ2) is 7.88. The van der Waals surface area contributed by atoms with Crippen molar-refractivity contribution in [3.05, 3.63) is 47.0 Å². The molecular formula is C18H23ClN6O. The van der Waals surface area contributed by atoms with E-state index in [1.165, 1.54) is 0 Å². The van der Waals surface area contributed by atoms with Gasteiger partial charge in [0, 0.05) is 50.3 Å². The molecular weight excluding hydrogens is 352 g/mol. The number of hydrogen-bond acceptors (Lipinski definition) is 4. The number of aromatic amines is 1. The Morgan fingerprint density at radius 2 is 2.19 bits per heavy atom. The maximum Gasteiger partial charge on any atom is 0.272 e. The predicted octanol–water partition coefficient (Wildman–Crippen LogP) is 1.82. The monoisotopic (exact) mass is 374 g/mol. The third kappa shape index (κ3) is 3.32. The van der Waals surface area contributed by atoms with Crippen molar-refractivity contribution in [3.8, 4) is 0 Å². The van der Waals surface area contributed by atoms with E-state index in [0.29, 0.717) is 25.2 Å². The number of benzene rings is 1. The molecule has 26 heavy (non-hydrogen) atoms. The van der Waals surface area contributed by atoms with Gasteiger partial charge in [0.1, 0.15) is 5.82 Å². The maximum atomic E-state index is 12.4. The van der Waals surface area contributed by atoms with E-state index in [2.05, 4.69) is 38.4 Å². The van der Waals surface area contributed by atoms with Crippen molar-refractivity contribution in [2.45, 2.75) is 32.9 Å². The lowest BCUT2D eigenvalue weighted by Crippen LogP contribution is -2.30. The smallest absolute Gasteiger partial charge is 0.272 e. The number of halogens is 1. The largest absolute Gasteiger partial charge is 0.350 e. The number of H-pyrrole nitrogens is 1. The Kier molecular flexibility index (Phi) is 5.58. The summed E-state index contributed by atoms with van der Waals surface area (Å²) in [6.07, 6.45) is 1.58. The number of nitrogens with zero attached hydrogens (tertiary/aromatic N) is 3. The van der Waals surface area contributed by atoms with Gasteiger partial charge >= 0.3 is 0 Å². The molecule has 3 aromatic rings. The molecule has 4 rings (SSSR count). The van der Waals surface area contributed by atoms with Crippen molar-refractivity contribution in [2.75, 3.05) is 13.1 Å². The van der Waals surface area contributed by atoms with Gasteiger partial charge in [0.15, 0.2) is 5.69 Å². The molecule has 0 saturated carbocycles. The predicted molar refractivity (Wildman–Crippen MR) is 103 cm³/mol. The topological polar surface area (TPSA) is 87.6 Å². The van der Waals surface area contributed by atoms with Gasteiger partial charge < -0.3 is 15.2 Å². The van der Waals surface area contributed by atoms with Crippen LogP contribution in [0.5, 0.6) is 0 Å². The number of carbonyl (C=O) groups is 1. The first-order chi connectivity index (χ1) is 12.3. The summed E-state index contributed by atoms with van der Waals surface area (Å²) in [6.45, 7) is 5.13. The summed E-state index contributed by atoms with van der Waals surface area (Å²) in [4.78, 5) is 17.1. The Morgan fingerprint density at radius 3 is 3.04 bits per heavy atom. The maximum absolute atomic E-state index is 12.4. The summed E-state index contributed by atoms with van der Waals surface area (Å²) in [5.74, 6) is 0.870. The minimum atomic E-state index is -0.125. The normalized spacial score (nSPS) is 13.3. The molecule has 0 aliphatic carbocycles. The van der Waals surface area contributed by atoms with E-state index in [1.54, 1.807) is 0 Å². The average molecular weight is 375 g/mol. The summed E-state index contributed by atoms with van der Waals surface area (Å²) in [6, 6.07) is 8.12. The molecule has 0 radical (unpaired) electrons. The number of aromatic nitrogens is 4. The molecule has 0 bridgehead atoms. The lowest BCUT2D eigenvalue weighted by Gasteiger charge is -2.13. The number of fused-ring (bicyclic) bond motifs is 2. The van der Waals surface area contributed by atoms with Gasteiger partial charge in [-0.25, -0.2) is 4.98 Å². The molecule has 1 aliphatic rings. The first kappa shape index (κ1) is 18.4. The highest BCUT2D eigenvalue weighted by atomic mass is 35.5. The Morgan fingerprint density at radius 1 is 1.35 bits per heavy atom. The summed E-state index contributed by atoms with van der Waals surface area (Å²) < 4.78 is 2.20. The lowest BCUT2D eigenvalue weighted by molar-refractivity contribution is 0.0947. The number of imidazole rings is 1. The number of hydrogen-bond donors (Lipinski definition) is 3. The molecule has 0 spiro atoms. The standard InChI is InChI=1S/C18H22N6O.ClH/c1-2-24-15-6-4-3-5-14(15)21-16(24)8-10-20-18(25)17-12-11-19-9-7-13(12)22-23-17;/h3-6,19H,2,7-11H2,1H3,(H,20,25)(H,22,23);1H. The molecule has 1 amide bonds. The fourth-order valence-corrected chi connectivity index (χ4v) is 3.45. The van der Waals surface area contributed by atoms with E-state index in [0.717, 1.165) is 47.6 Å². The molecule has 3 heterocycles. The number of carbonyl (C=O) groups excluding carboxylic acids is 1. The minimum Gasteiger partial charge on any atom is -0.350 e. The summed E-state index contributed by atoms with van der Waals surface area (Å²) >= 11 is 0. The van der Waals surface area contributed by atoms with E-state index in [-0.39, 0.29) is 18.3 Å². The van der Waals surface area contributed by atoms with Crippen molar-refractivity contribution in [1.29, 1.82) is 0 Å². The quantitative estimate of drug-likeness (QED) is 0.635. The van der Waals surface area contributed by atoms with Gasteiger partial charge in [0.25, 0.3) is 5.91 Å². The highest BCUT2D eigenvalue weighted by Gasteiger charge is 2.21. The molecule has 0 saturated heterocycles. The zero-order chi connectivity index (χ0) is 17.2. The van der Waals surface area contributed by atoms with Crippen molar-refractivity contribution < 1.29 is 4.79 Å². The Balaban J connectivity index is 0.00000196. The average Bonchev–Trinajstić information content (AvgIpc) is 3.22. The first-order valence-corrected chi connectivity index (χ1v) is 8.77. The third-order valence-corrected chi connectivity index (χ3v) is 4.71. The number of amides is 1. The molecule has 138 valence electrons. The SMILES string of the molecule is CCn1c(CCNC(=O)c2n[nH]c3c2CNCC3)nc2ccccc21.Cl. The third-order valence-electron chi connectivity index (χ3n) is 4.71. The molecule has 0 fully saturated rings. The van der Waals surface area contributed by atoms with Crippen molar-refractivity contribution in [1.82, 2.24) is 30.4 Å². The zero-order valence-corrected chi connectivity index (χ0v) is 15.5. The fraction of sp³-hybridized carbons (Fsp3) is 0.389. The van der Waals surface area contributed by atoms with E-state index in [1.807, 2.05) is 18.2 Å². The molecule has 0 unspecified atom stereocenters. The lowest BCUT2D eigenvalue weighted by atomic mass is 10.1. The molecule has 1 aromatic carbocycles. The van der Waals surface area contributed by atoms with Crippen LogP contribution in [-0.4, -0.2) is 38.7 Å². The van der Waals surface area contributed by atoms with Crippen LogP contribution in [0.4, 0.5) is 0 Å². The van der Waals surface area contributed by atoms with Crippen LogP contribution in [0.25, 0.3) is 11.0 Å². The van der Waals surface area contributed by atoms with Gasteiger partial charge in [-0.3, -0.25) is 9.89 Å². The molecule has 0 atom stereocenters. The van der Waals surface area contributed by atoms with Gasteiger partial charge in [-0.05, 0) is 19.1 Å². The summed E-state index contributed by atoms with van der Waals surface area (Å²) in [7, 11) is 0. The number of rotatable bonds is 5. The van der Waals surface area contributed by atoms with Gasteiger partial charge in [-0.1, -0.05) is 12.1 Å². The van der Waals surface area contributed by atoms with Gasteiger partial charge in [0.2, 0.25) is 0 Å². The van der Waals surface area contributed by atoms with E-state index in [4.69, 9.17) is 4.98 Å². The van der Waals surface area contributed by atoms with Crippen LogP contribution in [0.15, 0.2) is 24.3 Å². The van der Waals surface area contributed by atoms with Crippen LogP contribution in [0, 0.1) is 0 Å². The summed E-state index contributed by atoms with van der Waals surface area (Å²) in [5, 5.41) is 13.4. The van der Waals surface area contributed by atoms with Crippen LogP contribution in [0.2, 0.25) is 0 Å². The number of para-hydroxylation sites is 2. The Bertz CT molecular complexity index is 916. The van der Waals surface area contributed by atoms with Gasteiger partial charge in [-0.2, -0.15) is 5.10 Å². The molecule has 1 aliphatic heterocycles. The highest BCUT2D eigenvalue weighted by molar-refractivity contribution is 5.94. The molecule has 3 N–H and O–H groups in total. The minimum absolute atomic E-state index is 0. The van der Waals surface area contributed by atoms with Crippen LogP contribution < -0.4 is 10.6 Å². The Labute approximate surface area is 158 Å². The number of aryl methyl sites for hydroxylation is 1. The molecule has 8 heteroatoms.